The third-order valence-electron chi connectivity index (χ3n) is 4.59. The average Bonchev–Trinajstić information content (AvgIpc) is 2.82. The van der Waals surface area contributed by atoms with Gasteiger partial charge in [0.05, 0.1) is 32.5 Å². The highest BCUT2D eigenvalue weighted by Gasteiger charge is 2.18. The first-order chi connectivity index (χ1) is 15.5. The van der Waals surface area contributed by atoms with Crippen molar-refractivity contribution in [2.75, 3.05) is 21.3 Å². The molecule has 0 heterocycles. The zero-order valence-electron chi connectivity index (χ0n) is 17.8. The molecule has 0 aliphatic rings. The molecule has 0 aliphatic heterocycles. The van der Waals surface area contributed by atoms with Gasteiger partial charge in [0.25, 0.3) is 0 Å². The third kappa shape index (κ3) is 5.36. The van der Waals surface area contributed by atoms with Gasteiger partial charge in [0.15, 0.2) is 17.3 Å². The lowest BCUT2D eigenvalue weighted by atomic mass is 10.1. The van der Waals surface area contributed by atoms with Crippen LogP contribution in [0.15, 0.2) is 71.2 Å². The first-order valence-corrected chi connectivity index (χ1v) is 10.3. The van der Waals surface area contributed by atoms with Crippen LogP contribution in [0.5, 0.6) is 23.0 Å². The fourth-order valence-corrected chi connectivity index (χ4v) is 3.36. The highest BCUT2D eigenvalue weighted by atomic mass is 79.9. The van der Waals surface area contributed by atoms with Crippen molar-refractivity contribution in [2.24, 2.45) is 0 Å². The zero-order valence-corrected chi connectivity index (χ0v) is 19.3. The van der Waals surface area contributed by atoms with Crippen LogP contribution < -0.4 is 18.9 Å². The Hall–Kier alpha value is -3.58. The summed E-state index contributed by atoms with van der Waals surface area (Å²) < 4.78 is 21.9. The predicted octanol–water partition coefficient (Wildman–Crippen LogP) is 5.59. The number of methoxy groups -OCH3 is 3. The van der Waals surface area contributed by atoms with Crippen molar-refractivity contribution in [1.29, 1.82) is 0 Å². The maximum atomic E-state index is 12.9. The summed E-state index contributed by atoms with van der Waals surface area (Å²) in [4.78, 5) is 25.6. The molecule has 0 aliphatic carbocycles. The number of ether oxygens (including phenoxy) is 4. The van der Waals surface area contributed by atoms with Crippen LogP contribution in [0.25, 0.3) is 6.08 Å². The van der Waals surface area contributed by atoms with Crippen LogP contribution in [0.4, 0.5) is 0 Å². The molecule has 6 nitrogen and oxygen atoms in total. The Morgan fingerprint density at radius 1 is 0.781 bits per heavy atom. The minimum atomic E-state index is -0.594. The van der Waals surface area contributed by atoms with Gasteiger partial charge >= 0.3 is 5.97 Å². The molecular formula is C25H21BrO6. The van der Waals surface area contributed by atoms with Gasteiger partial charge in [-0.2, -0.15) is 0 Å². The van der Waals surface area contributed by atoms with Gasteiger partial charge in [-0.15, -0.1) is 0 Å². The highest BCUT2D eigenvalue weighted by molar-refractivity contribution is 9.10. The maximum Gasteiger partial charge on any atom is 0.344 e. The molecule has 0 atom stereocenters. The van der Waals surface area contributed by atoms with Gasteiger partial charge in [-0.05, 0) is 64.0 Å². The molecule has 0 N–H and O–H groups in total. The number of allylic oxidation sites excluding steroid dienone is 1. The third-order valence-corrected chi connectivity index (χ3v) is 5.28. The van der Waals surface area contributed by atoms with Crippen LogP contribution in [0, 0.1) is 0 Å². The van der Waals surface area contributed by atoms with Gasteiger partial charge in [0, 0.05) is 10.5 Å². The van der Waals surface area contributed by atoms with Crippen LogP contribution in [0.1, 0.15) is 26.3 Å². The van der Waals surface area contributed by atoms with Crippen molar-refractivity contribution in [3.8, 4) is 23.0 Å². The van der Waals surface area contributed by atoms with Gasteiger partial charge in [-0.1, -0.05) is 24.3 Å². The number of ketones is 1. The molecule has 0 radical (unpaired) electrons. The molecule has 0 unspecified atom stereocenters. The number of hydrogen-bond acceptors (Lipinski definition) is 6. The summed E-state index contributed by atoms with van der Waals surface area (Å²) in [5.41, 5.74) is 1.31. The van der Waals surface area contributed by atoms with Gasteiger partial charge in [-0.25, -0.2) is 4.79 Å². The molecule has 0 saturated carbocycles. The molecule has 0 fully saturated rings. The van der Waals surface area contributed by atoms with Crippen LogP contribution in [0.3, 0.4) is 0 Å². The SMILES string of the molecule is COc1ccc(C(=O)C=Cc2ccc(OC)c(OC)c2)c(OC(=O)c2ccccc2Br)c1. The predicted molar refractivity (Wildman–Crippen MR) is 125 cm³/mol. The monoisotopic (exact) mass is 496 g/mol. The second-order valence-electron chi connectivity index (χ2n) is 6.54. The number of carbonyl (C=O) groups excluding carboxylic acids is 2. The summed E-state index contributed by atoms with van der Waals surface area (Å²) >= 11 is 3.34. The average molecular weight is 497 g/mol. The molecule has 3 aromatic carbocycles. The second-order valence-corrected chi connectivity index (χ2v) is 7.40. The molecule has 164 valence electrons. The summed E-state index contributed by atoms with van der Waals surface area (Å²) in [6.07, 6.45) is 3.05. The first-order valence-electron chi connectivity index (χ1n) is 9.56. The Kier molecular flexibility index (Phi) is 7.68. The zero-order chi connectivity index (χ0) is 23.1. The van der Waals surface area contributed by atoms with Crippen molar-refractivity contribution in [3.05, 3.63) is 87.9 Å². The summed E-state index contributed by atoms with van der Waals surface area (Å²) in [7, 11) is 4.59. The minimum absolute atomic E-state index is 0.104. The van der Waals surface area contributed by atoms with Gasteiger partial charge in [0.1, 0.15) is 11.5 Å². The summed E-state index contributed by atoms with van der Waals surface area (Å²) in [5, 5.41) is 0. The number of carbonyl (C=O) groups is 2. The molecule has 0 saturated heterocycles. The number of esters is 1. The van der Waals surface area contributed by atoms with Crippen molar-refractivity contribution >= 4 is 33.8 Å². The van der Waals surface area contributed by atoms with E-state index in [2.05, 4.69) is 15.9 Å². The summed E-state index contributed by atoms with van der Waals surface area (Å²) in [5.74, 6) is 0.774. The Balaban J connectivity index is 1.88. The van der Waals surface area contributed by atoms with E-state index in [1.807, 2.05) is 0 Å². The molecule has 0 aromatic heterocycles. The van der Waals surface area contributed by atoms with Gasteiger partial charge in [0.2, 0.25) is 0 Å². The van der Waals surface area contributed by atoms with E-state index in [0.29, 0.717) is 27.3 Å². The van der Waals surface area contributed by atoms with Crippen LogP contribution >= 0.6 is 15.9 Å². The molecular weight excluding hydrogens is 476 g/mol. The van der Waals surface area contributed by atoms with E-state index in [1.54, 1.807) is 74.9 Å². The van der Waals surface area contributed by atoms with E-state index in [4.69, 9.17) is 18.9 Å². The standard InChI is InChI=1S/C25H21BrO6/c1-29-17-10-11-19(23(15-17)32-25(28)18-6-4-5-7-20(18)26)21(27)12-8-16-9-13-22(30-2)24(14-16)31-3/h4-15H,1-3H3. The van der Waals surface area contributed by atoms with Crippen LogP contribution in [0.2, 0.25) is 0 Å². The lowest BCUT2D eigenvalue weighted by molar-refractivity contribution is 0.0732. The molecule has 7 heteroatoms. The highest BCUT2D eigenvalue weighted by Crippen LogP contribution is 2.30. The van der Waals surface area contributed by atoms with E-state index in [-0.39, 0.29) is 17.1 Å². The fraction of sp³-hybridized carbons (Fsp3) is 0.120. The number of halogens is 1. The molecule has 3 rings (SSSR count). The van der Waals surface area contributed by atoms with E-state index in [9.17, 15) is 9.59 Å². The Morgan fingerprint density at radius 2 is 1.53 bits per heavy atom. The number of rotatable bonds is 8. The second kappa shape index (κ2) is 10.6. The Morgan fingerprint density at radius 3 is 2.22 bits per heavy atom. The molecule has 0 bridgehead atoms. The largest absolute Gasteiger partial charge is 0.497 e. The first kappa shape index (κ1) is 23.1. The lowest BCUT2D eigenvalue weighted by Gasteiger charge is -2.11. The molecule has 3 aromatic rings. The van der Waals surface area contributed by atoms with Crippen molar-refractivity contribution in [3.63, 3.8) is 0 Å². The van der Waals surface area contributed by atoms with E-state index < -0.39 is 5.97 Å². The Labute approximate surface area is 194 Å². The van der Waals surface area contributed by atoms with E-state index >= 15 is 0 Å². The van der Waals surface area contributed by atoms with E-state index in [1.165, 1.54) is 19.3 Å². The summed E-state index contributed by atoms with van der Waals surface area (Å²) in [6.45, 7) is 0. The number of benzene rings is 3. The normalized spacial score (nSPS) is 10.6. The van der Waals surface area contributed by atoms with Crippen molar-refractivity contribution in [1.82, 2.24) is 0 Å². The molecule has 0 spiro atoms. The van der Waals surface area contributed by atoms with Crippen molar-refractivity contribution in [2.45, 2.75) is 0 Å². The smallest absolute Gasteiger partial charge is 0.344 e. The molecule has 0 amide bonds. The summed E-state index contributed by atoms with van der Waals surface area (Å²) in [6, 6.07) is 16.9. The quantitative estimate of drug-likeness (QED) is 0.175. The van der Waals surface area contributed by atoms with E-state index in [0.717, 1.165) is 5.56 Å². The van der Waals surface area contributed by atoms with Gasteiger partial charge < -0.3 is 18.9 Å². The number of hydrogen-bond donors (Lipinski definition) is 0. The Bertz CT molecular complexity index is 1170. The maximum absolute atomic E-state index is 12.9. The topological polar surface area (TPSA) is 71.1 Å². The fourth-order valence-electron chi connectivity index (χ4n) is 2.92. The van der Waals surface area contributed by atoms with Gasteiger partial charge in [-0.3, -0.25) is 4.79 Å². The van der Waals surface area contributed by atoms with Crippen molar-refractivity contribution < 1.29 is 28.5 Å². The van der Waals surface area contributed by atoms with Crippen LogP contribution in [-0.2, 0) is 0 Å². The molecule has 32 heavy (non-hydrogen) atoms. The van der Waals surface area contributed by atoms with Crippen LogP contribution in [-0.4, -0.2) is 33.1 Å². The minimum Gasteiger partial charge on any atom is -0.497 e. The lowest BCUT2D eigenvalue weighted by Crippen LogP contribution is -2.12.